The number of hydrogen-bond acceptors (Lipinski definition) is 5. The third-order valence-electron chi connectivity index (χ3n) is 2.01. The third kappa shape index (κ3) is 3.41. The molecular weight excluding hydrogens is 263 g/mol. The summed E-state index contributed by atoms with van der Waals surface area (Å²) >= 11 is 0. The number of ether oxygens (including phenoxy) is 1. The van der Waals surface area contributed by atoms with E-state index in [-0.39, 0.29) is 6.61 Å². The van der Waals surface area contributed by atoms with Crippen LogP contribution in [0.4, 0.5) is 10.1 Å². The lowest BCUT2D eigenvalue weighted by molar-refractivity contribution is -0.141. The minimum absolute atomic E-state index is 0.142. The average Bonchev–Trinajstić information content (AvgIpc) is 2.30. The molecule has 0 aliphatic carbocycles. The minimum atomic E-state index is -4.04. The average molecular weight is 276 g/mol. The smallest absolute Gasteiger partial charge is 0.321 e. The van der Waals surface area contributed by atoms with Crippen molar-refractivity contribution < 1.29 is 22.3 Å². The van der Waals surface area contributed by atoms with Crippen molar-refractivity contribution in [1.29, 1.82) is 0 Å². The van der Waals surface area contributed by atoms with Crippen LogP contribution in [-0.2, 0) is 19.6 Å². The van der Waals surface area contributed by atoms with Crippen LogP contribution in [0.25, 0.3) is 0 Å². The predicted octanol–water partition coefficient (Wildman–Crippen LogP) is 0.249. The Morgan fingerprint density at radius 1 is 1.50 bits per heavy atom. The second kappa shape index (κ2) is 5.78. The van der Waals surface area contributed by atoms with Gasteiger partial charge < -0.3 is 10.5 Å². The minimum Gasteiger partial charge on any atom is -0.465 e. The Kier molecular flexibility index (Phi) is 4.62. The summed E-state index contributed by atoms with van der Waals surface area (Å²) in [4.78, 5) is 10.6. The lowest BCUT2D eigenvalue weighted by Gasteiger charge is -2.08. The summed E-state index contributed by atoms with van der Waals surface area (Å²) in [7, 11) is -4.04. The monoisotopic (exact) mass is 276 g/mol. The van der Waals surface area contributed by atoms with Crippen molar-refractivity contribution in [1.82, 2.24) is 4.72 Å². The molecule has 0 saturated carbocycles. The topological polar surface area (TPSA) is 98.5 Å². The Balaban J connectivity index is 2.87. The molecule has 3 N–H and O–H groups in total. The van der Waals surface area contributed by atoms with Crippen LogP contribution in [-0.4, -0.2) is 27.5 Å². The predicted molar refractivity (Wildman–Crippen MR) is 62.6 cm³/mol. The van der Waals surface area contributed by atoms with Crippen molar-refractivity contribution in [2.75, 3.05) is 18.9 Å². The molecule has 0 amide bonds. The molecule has 0 bridgehead atoms. The number of nitrogen functional groups attached to an aromatic ring is 1. The number of hydrogen-bond donors (Lipinski definition) is 2. The number of benzene rings is 1. The van der Waals surface area contributed by atoms with Gasteiger partial charge in [-0.1, -0.05) is 6.07 Å². The van der Waals surface area contributed by atoms with Crippen LogP contribution in [0.2, 0.25) is 0 Å². The number of para-hydroxylation sites is 1. The highest BCUT2D eigenvalue weighted by atomic mass is 32.2. The molecule has 0 heterocycles. The summed E-state index contributed by atoms with van der Waals surface area (Å²) in [6.45, 7) is 1.20. The summed E-state index contributed by atoms with van der Waals surface area (Å²) in [6, 6.07) is 3.40. The van der Waals surface area contributed by atoms with Gasteiger partial charge in [0, 0.05) is 0 Å². The van der Waals surface area contributed by atoms with Gasteiger partial charge in [-0.2, -0.15) is 4.72 Å². The number of halogens is 1. The highest BCUT2D eigenvalue weighted by Crippen LogP contribution is 2.20. The summed E-state index contributed by atoms with van der Waals surface area (Å²) in [5.41, 5.74) is 4.83. The molecule has 0 aromatic heterocycles. The van der Waals surface area contributed by atoms with Gasteiger partial charge in [-0.3, -0.25) is 4.79 Å². The van der Waals surface area contributed by atoms with Gasteiger partial charge in [0.2, 0.25) is 10.0 Å². The molecule has 0 radical (unpaired) electrons. The van der Waals surface area contributed by atoms with E-state index in [1.165, 1.54) is 6.07 Å². The molecule has 1 rings (SSSR count). The van der Waals surface area contributed by atoms with E-state index in [0.717, 1.165) is 12.1 Å². The van der Waals surface area contributed by atoms with Gasteiger partial charge in [0.05, 0.1) is 12.3 Å². The maximum Gasteiger partial charge on any atom is 0.321 e. The van der Waals surface area contributed by atoms with E-state index in [4.69, 9.17) is 5.73 Å². The van der Waals surface area contributed by atoms with Crippen LogP contribution >= 0.6 is 0 Å². The molecule has 0 fully saturated rings. The van der Waals surface area contributed by atoms with E-state index >= 15 is 0 Å². The zero-order valence-corrected chi connectivity index (χ0v) is 10.5. The number of sulfonamides is 1. The molecule has 0 aliphatic rings. The van der Waals surface area contributed by atoms with Gasteiger partial charge in [0.25, 0.3) is 0 Å². The van der Waals surface area contributed by atoms with Crippen molar-refractivity contribution in [2.24, 2.45) is 0 Å². The highest BCUT2D eigenvalue weighted by molar-refractivity contribution is 7.89. The normalized spacial score (nSPS) is 11.2. The molecule has 18 heavy (non-hydrogen) atoms. The zero-order valence-electron chi connectivity index (χ0n) is 9.64. The van der Waals surface area contributed by atoms with Crippen molar-refractivity contribution in [3.8, 4) is 0 Å². The SMILES string of the molecule is CCOC(=O)CNS(=O)(=O)c1cccc(F)c1N. The fraction of sp³-hybridized carbons (Fsp3) is 0.300. The second-order valence-electron chi connectivity index (χ2n) is 3.28. The molecule has 100 valence electrons. The Morgan fingerprint density at radius 2 is 2.17 bits per heavy atom. The molecular formula is C10H13FN2O4S. The maximum absolute atomic E-state index is 13.1. The Morgan fingerprint density at radius 3 is 2.78 bits per heavy atom. The first-order valence-corrected chi connectivity index (χ1v) is 6.56. The molecule has 0 spiro atoms. The third-order valence-corrected chi connectivity index (χ3v) is 3.47. The number of nitrogens with two attached hydrogens (primary N) is 1. The van der Waals surface area contributed by atoms with Gasteiger partial charge >= 0.3 is 5.97 Å². The number of rotatable bonds is 5. The van der Waals surface area contributed by atoms with Crippen molar-refractivity contribution in [2.45, 2.75) is 11.8 Å². The lowest BCUT2D eigenvalue weighted by Crippen LogP contribution is -2.31. The molecule has 0 atom stereocenters. The standard InChI is InChI=1S/C10H13FN2O4S/c1-2-17-9(14)6-13-18(15,16)8-5-3-4-7(11)10(8)12/h3-5,13H,2,6,12H2,1H3. The largest absolute Gasteiger partial charge is 0.465 e. The first-order chi connectivity index (χ1) is 8.38. The molecule has 0 saturated heterocycles. The van der Waals surface area contributed by atoms with Crippen LogP contribution in [0.1, 0.15) is 6.92 Å². The van der Waals surface area contributed by atoms with Crippen LogP contribution in [0, 0.1) is 5.82 Å². The van der Waals surface area contributed by atoms with Gasteiger partial charge in [-0.15, -0.1) is 0 Å². The Hall–Kier alpha value is -1.67. The van der Waals surface area contributed by atoms with Crippen molar-refractivity contribution >= 4 is 21.7 Å². The zero-order chi connectivity index (χ0) is 13.8. The van der Waals surface area contributed by atoms with Gasteiger partial charge in [0.1, 0.15) is 17.3 Å². The van der Waals surface area contributed by atoms with E-state index < -0.39 is 38.9 Å². The maximum atomic E-state index is 13.1. The number of carbonyl (C=O) groups excluding carboxylic acids is 1. The first-order valence-electron chi connectivity index (χ1n) is 5.07. The number of nitrogens with one attached hydrogen (secondary N) is 1. The lowest BCUT2D eigenvalue weighted by atomic mass is 10.3. The number of esters is 1. The van der Waals surface area contributed by atoms with Crippen molar-refractivity contribution in [3.63, 3.8) is 0 Å². The van der Waals surface area contributed by atoms with Gasteiger partial charge in [-0.05, 0) is 19.1 Å². The van der Waals surface area contributed by atoms with Crippen LogP contribution < -0.4 is 10.5 Å². The van der Waals surface area contributed by atoms with Crippen LogP contribution in [0.5, 0.6) is 0 Å². The molecule has 1 aromatic carbocycles. The van der Waals surface area contributed by atoms with Gasteiger partial charge in [0.15, 0.2) is 0 Å². The van der Waals surface area contributed by atoms with E-state index in [9.17, 15) is 17.6 Å². The van der Waals surface area contributed by atoms with Gasteiger partial charge in [-0.25, -0.2) is 12.8 Å². The quantitative estimate of drug-likeness (QED) is 0.593. The van der Waals surface area contributed by atoms with E-state index in [1.54, 1.807) is 6.92 Å². The summed E-state index contributed by atoms with van der Waals surface area (Å²) in [5, 5.41) is 0. The van der Waals surface area contributed by atoms with E-state index in [2.05, 4.69) is 4.74 Å². The molecule has 8 heteroatoms. The van der Waals surface area contributed by atoms with Crippen LogP contribution in [0.3, 0.4) is 0 Å². The summed E-state index contributed by atoms with van der Waals surface area (Å²) in [6.07, 6.45) is 0. The van der Waals surface area contributed by atoms with E-state index in [0.29, 0.717) is 0 Å². The summed E-state index contributed by atoms with van der Waals surface area (Å²) in [5.74, 6) is -1.56. The summed E-state index contributed by atoms with van der Waals surface area (Å²) < 4.78 is 43.2. The molecule has 0 aliphatic heterocycles. The first kappa shape index (κ1) is 14.4. The Labute approximate surface area is 104 Å². The molecule has 1 aromatic rings. The molecule has 0 unspecified atom stereocenters. The molecule has 6 nitrogen and oxygen atoms in total. The fourth-order valence-corrected chi connectivity index (χ4v) is 2.30. The van der Waals surface area contributed by atoms with Crippen LogP contribution in [0.15, 0.2) is 23.1 Å². The highest BCUT2D eigenvalue weighted by Gasteiger charge is 2.20. The van der Waals surface area contributed by atoms with Crippen molar-refractivity contribution in [3.05, 3.63) is 24.0 Å². The Bertz CT molecular complexity index is 545. The number of anilines is 1. The van der Waals surface area contributed by atoms with E-state index in [1.807, 2.05) is 4.72 Å². The fourth-order valence-electron chi connectivity index (χ4n) is 1.20. The second-order valence-corrected chi connectivity index (χ2v) is 5.02. The number of carbonyl (C=O) groups is 1.